The first kappa shape index (κ1) is 13.4. The molecule has 2 rings (SSSR count). The van der Waals surface area contributed by atoms with Crippen molar-refractivity contribution in [3.05, 3.63) is 29.8 Å². The van der Waals surface area contributed by atoms with Crippen molar-refractivity contribution in [3.63, 3.8) is 0 Å². The van der Waals surface area contributed by atoms with Crippen LogP contribution in [-0.2, 0) is 5.41 Å². The molecule has 18 heavy (non-hydrogen) atoms. The Bertz CT molecular complexity index is 363. The summed E-state index contributed by atoms with van der Waals surface area (Å²) in [5.74, 6) is 0.955. The van der Waals surface area contributed by atoms with Crippen LogP contribution in [0.2, 0.25) is 0 Å². The van der Waals surface area contributed by atoms with Gasteiger partial charge in [0, 0.05) is 12.0 Å². The van der Waals surface area contributed by atoms with E-state index in [1.807, 2.05) is 0 Å². The van der Waals surface area contributed by atoms with Gasteiger partial charge in [0.15, 0.2) is 0 Å². The molecule has 0 heterocycles. The van der Waals surface area contributed by atoms with E-state index in [-0.39, 0.29) is 11.5 Å². The summed E-state index contributed by atoms with van der Waals surface area (Å²) in [4.78, 5) is 0. The summed E-state index contributed by atoms with van der Waals surface area (Å²) in [6.45, 7) is 4.87. The lowest BCUT2D eigenvalue weighted by molar-refractivity contribution is 0.242. The fourth-order valence-corrected chi connectivity index (χ4v) is 3.00. The molecular weight excluding hydrogens is 222 g/mol. The van der Waals surface area contributed by atoms with Crippen molar-refractivity contribution in [3.8, 4) is 5.75 Å². The molecule has 100 valence electrons. The molecule has 2 nitrogen and oxygen atoms in total. The molecule has 1 fully saturated rings. The predicted octanol–water partition coefficient (Wildman–Crippen LogP) is 3.63. The summed E-state index contributed by atoms with van der Waals surface area (Å²) >= 11 is 0. The molecule has 0 unspecified atom stereocenters. The smallest absolute Gasteiger partial charge is 0.119 e. The van der Waals surface area contributed by atoms with E-state index in [0.29, 0.717) is 0 Å². The van der Waals surface area contributed by atoms with Crippen LogP contribution in [0.1, 0.15) is 51.5 Å². The SMILES string of the molecule is CC(C)Oc1ccc(C2(CN)CCCCC2)cc1. The second-order valence-electron chi connectivity index (χ2n) is 5.74. The lowest BCUT2D eigenvalue weighted by Crippen LogP contribution is -2.37. The molecule has 1 aliphatic rings. The molecule has 0 spiro atoms. The van der Waals surface area contributed by atoms with Crippen molar-refractivity contribution >= 4 is 0 Å². The summed E-state index contributed by atoms with van der Waals surface area (Å²) in [6, 6.07) is 8.58. The van der Waals surface area contributed by atoms with E-state index < -0.39 is 0 Å². The normalized spacial score (nSPS) is 18.9. The van der Waals surface area contributed by atoms with E-state index in [0.717, 1.165) is 12.3 Å². The molecule has 2 N–H and O–H groups in total. The number of nitrogens with two attached hydrogens (primary N) is 1. The summed E-state index contributed by atoms with van der Waals surface area (Å²) in [6.07, 6.45) is 6.66. The largest absolute Gasteiger partial charge is 0.491 e. The molecule has 0 aromatic heterocycles. The van der Waals surface area contributed by atoms with Gasteiger partial charge in [0.1, 0.15) is 5.75 Å². The Labute approximate surface area is 111 Å². The first-order chi connectivity index (χ1) is 8.66. The van der Waals surface area contributed by atoms with Gasteiger partial charge in [-0.05, 0) is 44.4 Å². The number of benzene rings is 1. The van der Waals surface area contributed by atoms with Crippen molar-refractivity contribution in [1.29, 1.82) is 0 Å². The molecule has 0 atom stereocenters. The van der Waals surface area contributed by atoms with Crippen molar-refractivity contribution in [2.24, 2.45) is 5.73 Å². The molecule has 0 aliphatic heterocycles. The predicted molar refractivity (Wildman–Crippen MR) is 76.0 cm³/mol. The highest BCUT2D eigenvalue weighted by Crippen LogP contribution is 2.39. The van der Waals surface area contributed by atoms with Crippen LogP contribution in [0.3, 0.4) is 0 Å². The van der Waals surface area contributed by atoms with Crippen molar-refractivity contribution in [2.75, 3.05) is 6.54 Å². The first-order valence-corrected chi connectivity index (χ1v) is 7.13. The Morgan fingerprint density at radius 2 is 1.72 bits per heavy atom. The molecular formula is C16H25NO. The van der Waals surface area contributed by atoms with Gasteiger partial charge < -0.3 is 10.5 Å². The summed E-state index contributed by atoms with van der Waals surface area (Å²) in [7, 11) is 0. The van der Waals surface area contributed by atoms with E-state index in [1.165, 1.54) is 37.7 Å². The maximum absolute atomic E-state index is 6.06. The van der Waals surface area contributed by atoms with Crippen LogP contribution in [0.25, 0.3) is 0 Å². The van der Waals surface area contributed by atoms with Crippen LogP contribution >= 0.6 is 0 Å². The lowest BCUT2D eigenvalue weighted by atomic mass is 9.69. The Morgan fingerprint density at radius 3 is 2.22 bits per heavy atom. The minimum Gasteiger partial charge on any atom is -0.491 e. The van der Waals surface area contributed by atoms with Crippen LogP contribution in [0.5, 0.6) is 5.75 Å². The zero-order chi connectivity index (χ0) is 13.0. The fourth-order valence-electron chi connectivity index (χ4n) is 3.00. The van der Waals surface area contributed by atoms with Gasteiger partial charge in [0.05, 0.1) is 6.10 Å². The zero-order valence-corrected chi connectivity index (χ0v) is 11.6. The van der Waals surface area contributed by atoms with Crippen molar-refractivity contribution in [2.45, 2.75) is 57.5 Å². The fraction of sp³-hybridized carbons (Fsp3) is 0.625. The van der Waals surface area contributed by atoms with Gasteiger partial charge in [-0.3, -0.25) is 0 Å². The monoisotopic (exact) mass is 247 g/mol. The lowest BCUT2D eigenvalue weighted by Gasteiger charge is -2.37. The molecule has 0 amide bonds. The van der Waals surface area contributed by atoms with Gasteiger partial charge in [-0.1, -0.05) is 31.4 Å². The topological polar surface area (TPSA) is 35.2 Å². The third-order valence-corrected chi connectivity index (χ3v) is 4.04. The van der Waals surface area contributed by atoms with Crippen molar-refractivity contribution in [1.82, 2.24) is 0 Å². The van der Waals surface area contributed by atoms with E-state index >= 15 is 0 Å². The van der Waals surface area contributed by atoms with Crippen LogP contribution in [0.15, 0.2) is 24.3 Å². The number of rotatable bonds is 4. The Hall–Kier alpha value is -1.02. The Balaban J connectivity index is 2.16. The van der Waals surface area contributed by atoms with E-state index in [2.05, 4.69) is 38.1 Å². The third kappa shape index (κ3) is 2.86. The minimum atomic E-state index is 0.217. The second-order valence-corrected chi connectivity index (χ2v) is 5.74. The van der Waals surface area contributed by atoms with Crippen LogP contribution in [0, 0.1) is 0 Å². The molecule has 0 radical (unpaired) electrons. The van der Waals surface area contributed by atoms with Crippen molar-refractivity contribution < 1.29 is 4.74 Å². The molecule has 1 aromatic carbocycles. The van der Waals surface area contributed by atoms with E-state index in [9.17, 15) is 0 Å². The third-order valence-electron chi connectivity index (χ3n) is 4.04. The van der Waals surface area contributed by atoms with Gasteiger partial charge >= 0.3 is 0 Å². The Kier molecular flexibility index (Phi) is 4.28. The summed E-state index contributed by atoms with van der Waals surface area (Å²) < 4.78 is 5.69. The molecule has 1 aromatic rings. The van der Waals surface area contributed by atoms with Gasteiger partial charge in [-0.25, -0.2) is 0 Å². The molecule has 0 saturated heterocycles. The number of ether oxygens (including phenoxy) is 1. The second kappa shape index (κ2) is 5.75. The highest BCUT2D eigenvalue weighted by atomic mass is 16.5. The molecule has 1 aliphatic carbocycles. The number of hydrogen-bond donors (Lipinski definition) is 1. The Morgan fingerprint density at radius 1 is 1.11 bits per heavy atom. The average molecular weight is 247 g/mol. The van der Waals surface area contributed by atoms with Gasteiger partial charge in [-0.15, -0.1) is 0 Å². The van der Waals surface area contributed by atoms with Crippen LogP contribution in [0.4, 0.5) is 0 Å². The highest BCUT2D eigenvalue weighted by molar-refractivity contribution is 5.33. The average Bonchev–Trinajstić information content (AvgIpc) is 2.39. The van der Waals surface area contributed by atoms with Gasteiger partial charge in [-0.2, -0.15) is 0 Å². The standard InChI is InChI=1S/C16H25NO/c1-13(2)18-15-8-6-14(7-9-15)16(12-17)10-4-3-5-11-16/h6-9,13H,3-5,10-12,17H2,1-2H3. The van der Waals surface area contributed by atoms with Gasteiger partial charge in [0.25, 0.3) is 0 Å². The van der Waals surface area contributed by atoms with E-state index in [1.54, 1.807) is 0 Å². The quantitative estimate of drug-likeness (QED) is 0.881. The highest BCUT2D eigenvalue weighted by Gasteiger charge is 2.32. The number of hydrogen-bond acceptors (Lipinski definition) is 2. The van der Waals surface area contributed by atoms with E-state index in [4.69, 9.17) is 10.5 Å². The maximum Gasteiger partial charge on any atom is 0.119 e. The summed E-state index contributed by atoms with van der Waals surface area (Å²) in [5, 5.41) is 0. The van der Waals surface area contributed by atoms with Crippen LogP contribution in [-0.4, -0.2) is 12.6 Å². The zero-order valence-electron chi connectivity index (χ0n) is 11.6. The maximum atomic E-state index is 6.06. The minimum absolute atomic E-state index is 0.217. The first-order valence-electron chi connectivity index (χ1n) is 7.13. The van der Waals surface area contributed by atoms with Crippen LogP contribution < -0.4 is 10.5 Å². The van der Waals surface area contributed by atoms with Gasteiger partial charge in [0.2, 0.25) is 0 Å². The molecule has 2 heteroatoms. The molecule has 0 bridgehead atoms. The molecule has 1 saturated carbocycles. The summed E-state index contributed by atoms with van der Waals surface area (Å²) in [5.41, 5.74) is 7.66.